The number of fused-ring (bicyclic) bond motifs is 1. The number of aliphatic hydroxyl groups is 1. The maximum absolute atomic E-state index is 11.6. The molecule has 3 aliphatic rings. The van der Waals surface area contributed by atoms with Gasteiger partial charge in [-0.2, -0.15) is 0 Å². The van der Waals surface area contributed by atoms with Crippen molar-refractivity contribution >= 4 is 5.97 Å². The van der Waals surface area contributed by atoms with Gasteiger partial charge in [0, 0.05) is 25.3 Å². The fraction of sp³-hybridized carbons (Fsp3) is 0.833. The van der Waals surface area contributed by atoms with Gasteiger partial charge >= 0.3 is 5.97 Å². The molecule has 0 aromatic heterocycles. The van der Waals surface area contributed by atoms with Gasteiger partial charge in [0.05, 0.1) is 5.60 Å². The van der Waals surface area contributed by atoms with Crippen molar-refractivity contribution in [3.63, 3.8) is 0 Å². The molecule has 4 nitrogen and oxygen atoms in total. The topological polar surface area (TPSA) is 58.6 Å². The van der Waals surface area contributed by atoms with E-state index in [0.717, 1.165) is 25.0 Å². The van der Waals surface area contributed by atoms with Gasteiger partial charge in [-0.1, -0.05) is 45.6 Å². The molecule has 0 heterocycles. The predicted molar refractivity (Wildman–Crippen MR) is 113 cm³/mol. The summed E-state index contributed by atoms with van der Waals surface area (Å²) in [4.78, 5) is 11.5. The van der Waals surface area contributed by atoms with Crippen molar-refractivity contribution in [3.8, 4) is 0 Å². The summed E-state index contributed by atoms with van der Waals surface area (Å²) in [5.41, 5.74) is 0.159. The fourth-order valence-electron chi connectivity index (χ4n) is 5.74. The highest BCUT2D eigenvalue weighted by molar-refractivity contribution is 5.66. The number of esters is 1. The van der Waals surface area contributed by atoms with E-state index in [-0.39, 0.29) is 17.8 Å². The Morgan fingerprint density at radius 2 is 1.93 bits per heavy atom. The molecular formula is C24H40NO3. The number of nitrogens with one attached hydrogen (secondary N) is 1. The van der Waals surface area contributed by atoms with E-state index in [4.69, 9.17) is 4.74 Å². The first-order chi connectivity index (χ1) is 13.3. The van der Waals surface area contributed by atoms with Crippen LogP contribution in [0.25, 0.3) is 0 Å². The summed E-state index contributed by atoms with van der Waals surface area (Å²) in [5, 5.41) is 15.5. The Labute approximate surface area is 171 Å². The highest BCUT2D eigenvalue weighted by atomic mass is 16.5. The Kier molecular flexibility index (Phi) is 7.25. The molecule has 0 spiro atoms. The number of ether oxygens (including phenoxy) is 1. The van der Waals surface area contributed by atoms with Crippen LogP contribution in [0.1, 0.15) is 79.1 Å². The SMILES string of the molecule is CC(=O)O[C@@H]1[CH][C@@]2(O)[C@H](C)CC[C@@H](C(C)CNC3CCCCCC3)[C@H]2C=C1C. The number of carbonyl (C=O) groups excluding carboxylic acids is 1. The van der Waals surface area contributed by atoms with Crippen molar-refractivity contribution in [1.82, 2.24) is 5.32 Å². The highest BCUT2D eigenvalue weighted by Crippen LogP contribution is 2.50. The van der Waals surface area contributed by atoms with Crippen molar-refractivity contribution < 1.29 is 14.6 Å². The lowest BCUT2D eigenvalue weighted by Gasteiger charge is -2.52. The Morgan fingerprint density at radius 3 is 2.57 bits per heavy atom. The van der Waals surface area contributed by atoms with E-state index in [9.17, 15) is 9.90 Å². The van der Waals surface area contributed by atoms with E-state index in [1.54, 1.807) is 0 Å². The lowest BCUT2D eigenvalue weighted by molar-refractivity contribution is -0.148. The molecule has 2 fully saturated rings. The van der Waals surface area contributed by atoms with Crippen molar-refractivity contribution in [2.75, 3.05) is 6.54 Å². The fourth-order valence-corrected chi connectivity index (χ4v) is 5.74. The molecule has 3 rings (SSSR count). The van der Waals surface area contributed by atoms with Crippen LogP contribution in [0.4, 0.5) is 0 Å². The van der Waals surface area contributed by atoms with Gasteiger partial charge in [0.2, 0.25) is 0 Å². The van der Waals surface area contributed by atoms with Crippen LogP contribution in [0.15, 0.2) is 11.6 Å². The van der Waals surface area contributed by atoms with Gasteiger partial charge in [0.1, 0.15) is 6.10 Å². The van der Waals surface area contributed by atoms with Crippen molar-refractivity contribution in [1.29, 1.82) is 0 Å². The van der Waals surface area contributed by atoms with Crippen LogP contribution in [-0.4, -0.2) is 35.4 Å². The summed E-state index contributed by atoms with van der Waals surface area (Å²) in [6.45, 7) is 8.95. The van der Waals surface area contributed by atoms with Crippen LogP contribution in [0, 0.1) is 30.1 Å². The Hall–Kier alpha value is -0.870. The summed E-state index contributed by atoms with van der Waals surface area (Å²) in [7, 11) is 0. The molecule has 3 aliphatic carbocycles. The average molecular weight is 391 g/mol. The molecule has 0 saturated heterocycles. The minimum atomic E-state index is -0.890. The van der Waals surface area contributed by atoms with Crippen molar-refractivity contribution in [2.24, 2.45) is 23.7 Å². The molecule has 6 atom stereocenters. The number of carbonyl (C=O) groups is 1. The van der Waals surface area contributed by atoms with Gasteiger partial charge in [0.25, 0.3) is 0 Å². The highest BCUT2D eigenvalue weighted by Gasteiger charge is 2.52. The lowest BCUT2D eigenvalue weighted by atomic mass is 9.57. The third-order valence-corrected chi connectivity index (χ3v) is 7.63. The predicted octanol–water partition coefficient (Wildman–Crippen LogP) is 4.42. The maximum Gasteiger partial charge on any atom is 0.303 e. The first-order valence-corrected chi connectivity index (χ1v) is 11.5. The lowest BCUT2D eigenvalue weighted by Crippen LogP contribution is -2.56. The van der Waals surface area contributed by atoms with Gasteiger partial charge in [0.15, 0.2) is 0 Å². The zero-order valence-electron chi connectivity index (χ0n) is 18.2. The largest absolute Gasteiger partial charge is 0.458 e. The van der Waals surface area contributed by atoms with Crippen LogP contribution >= 0.6 is 0 Å². The molecule has 1 radical (unpaired) electrons. The smallest absolute Gasteiger partial charge is 0.303 e. The van der Waals surface area contributed by atoms with Gasteiger partial charge in [-0.15, -0.1) is 0 Å². The second kappa shape index (κ2) is 9.30. The number of hydrogen-bond donors (Lipinski definition) is 2. The first-order valence-electron chi connectivity index (χ1n) is 11.5. The summed E-state index contributed by atoms with van der Waals surface area (Å²) in [5.74, 6) is 0.947. The molecule has 0 amide bonds. The van der Waals surface area contributed by atoms with Gasteiger partial charge in [-0.05, 0) is 62.5 Å². The zero-order valence-corrected chi connectivity index (χ0v) is 18.2. The first kappa shape index (κ1) is 21.8. The second-order valence-electron chi connectivity index (χ2n) is 9.74. The average Bonchev–Trinajstić information content (AvgIpc) is 2.91. The Balaban J connectivity index is 1.69. The number of hydrogen-bond acceptors (Lipinski definition) is 4. The Morgan fingerprint density at radius 1 is 1.25 bits per heavy atom. The van der Waals surface area contributed by atoms with E-state index in [2.05, 4.69) is 25.2 Å². The van der Waals surface area contributed by atoms with Gasteiger partial charge in [-0.25, -0.2) is 0 Å². The third kappa shape index (κ3) is 4.81. The zero-order chi connectivity index (χ0) is 20.3. The molecule has 0 aliphatic heterocycles. The van der Waals surface area contributed by atoms with Crippen LogP contribution in [0.3, 0.4) is 0 Å². The molecule has 2 N–H and O–H groups in total. The number of rotatable bonds is 5. The third-order valence-electron chi connectivity index (χ3n) is 7.63. The summed E-state index contributed by atoms with van der Waals surface area (Å²) in [6, 6.07) is 0.662. The standard InChI is InChI=1S/C24H40NO3/c1-16-13-22-21(17(2)15-25-20-9-7-5-6-8-10-20)12-11-18(3)24(22,27)14-23(16)28-19(4)26/h13-14,17-18,20-23,25,27H,5-12,15H2,1-4H3/t17?,18-,21+,22-,23-,24-/m1/s1. The van der Waals surface area contributed by atoms with Crippen LogP contribution in [0.2, 0.25) is 0 Å². The van der Waals surface area contributed by atoms with Crippen molar-refractivity contribution in [3.05, 3.63) is 18.1 Å². The molecule has 4 heteroatoms. The quantitative estimate of drug-likeness (QED) is 0.414. The molecule has 159 valence electrons. The summed E-state index contributed by atoms with van der Waals surface area (Å²) >= 11 is 0. The van der Waals surface area contributed by atoms with Gasteiger partial charge < -0.3 is 15.2 Å². The molecule has 0 aromatic rings. The van der Waals surface area contributed by atoms with E-state index in [1.807, 2.05) is 13.3 Å². The van der Waals surface area contributed by atoms with E-state index in [0.29, 0.717) is 17.9 Å². The van der Waals surface area contributed by atoms with E-state index < -0.39 is 11.7 Å². The second-order valence-corrected chi connectivity index (χ2v) is 9.74. The van der Waals surface area contributed by atoms with Gasteiger partial charge in [-0.3, -0.25) is 4.79 Å². The monoisotopic (exact) mass is 390 g/mol. The minimum Gasteiger partial charge on any atom is -0.458 e. The molecule has 0 aromatic carbocycles. The van der Waals surface area contributed by atoms with Crippen LogP contribution < -0.4 is 5.32 Å². The molecule has 28 heavy (non-hydrogen) atoms. The molecule has 0 bridgehead atoms. The Bertz CT molecular complexity index is 566. The van der Waals surface area contributed by atoms with Crippen LogP contribution in [0.5, 0.6) is 0 Å². The summed E-state index contributed by atoms with van der Waals surface area (Å²) in [6.07, 6.45) is 14.0. The minimum absolute atomic E-state index is 0.106. The van der Waals surface area contributed by atoms with Crippen molar-refractivity contribution in [2.45, 2.75) is 96.8 Å². The summed E-state index contributed by atoms with van der Waals surface area (Å²) < 4.78 is 5.47. The van der Waals surface area contributed by atoms with Crippen LogP contribution in [-0.2, 0) is 9.53 Å². The normalized spacial score (nSPS) is 38.1. The molecule has 2 saturated carbocycles. The molecular weight excluding hydrogens is 350 g/mol. The molecule has 1 unspecified atom stereocenters. The maximum atomic E-state index is 11.6. The van der Waals surface area contributed by atoms with E-state index >= 15 is 0 Å². The van der Waals surface area contributed by atoms with E-state index in [1.165, 1.54) is 45.4 Å².